The van der Waals surface area contributed by atoms with E-state index in [0.717, 1.165) is 12.8 Å². The van der Waals surface area contributed by atoms with Crippen molar-refractivity contribution in [3.8, 4) is 0 Å². The summed E-state index contributed by atoms with van der Waals surface area (Å²) in [5.74, 6) is 0.812. The van der Waals surface area contributed by atoms with E-state index in [1.54, 1.807) is 0 Å². The Hall–Kier alpha value is -0.530. The highest BCUT2D eigenvalue weighted by molar-refractivity contribution is 5.70. The van der Waals surface area contributed by atoms with Gasteiger partial charge in [-0.15, -0.1) is 0 Å². The zero-order valence-electron chi connectivity index (χ0n) is 8.79. The fraction of sp³-hybridized carbons (Fsp3) is 0.909. The number of hydrogen-bond acceptors (Lipinski definition) is 1. The Kier molecular flexibility index (Phi) is 3.34. The molecule has 0 aromatic heterocycles. The maximum absolute atomic E-state index is 11.0. The van der Waals surface area contributed by atoms with E-state index in [0.29, 0.717) is 17.8 Å². The van der Waals surface area contributed by atoms with Gasteiger partial charge in [0.2, 0.25) is 0 Å². The van der Waals surface area contributed by atoms with E-state index in [2.05, 4.69) is 20.8 Å². The summed E-state index contributed by atoms with van der Waals surface area (Å²) in [5, 5.41) is 9.08. The molecule has 1 aliphatic carbocycles. The van der Waals surface area contributed by atoms with Gasteiger partial charge in [0.15, 0.2) is 0 Å². The normalized spacial score (nSPS) is 34.9. The fourth-order valence-electron chi connectivity index (χ4n) is 2.49. The monoisotopic (exact) mass is 184 g/mol. The van der Waals surface area contributed by atoms with Crippen LogP contribution in [0.3, 0.4) is 0 Å². The Morgan fingerprint density at radius 1 is 1.38 bits per heavy atom. The van der Waals surface area contributed by atoms with Crippen LogP contribution in [0.25, 0.3) is 0 Å². The number of aliphatic carboxylic acids is 1. The molecular formula is C11H20O2. The van der Waals surface area contributed by atoms with Gasteiger partial charge in [0.05, 0.1) is 5.92 Å². The van der Waals surface area contributed by atoms with Crippen molar-refractivity contribution >= 4 is 5.97 Å². The summed E-state index contributed by atoms with van der Waals surface area (Å²) >= 11 is 0. The molecule has 13 heavy (non-hydrogen) atoms. The third kappa shape index (κ3) is 2.45. The van der Waals surface area contributed by atoms with Crippen LogP contribution < -0.4 is 0 Å². The second kappa shape index (κ2) is 4.12. The molecule has 76 valence electrons. The molecule has 0 unspecified atom stereocenters. The quantitative estimate of drug-likeness (QED) is 0.716. The van der Waals surface area contributed by atoms with Gasteiger partial charge in [-0.2, -0.15) is 0 Å². The number of carboxylic acids is 1. The van der Waals surface area contributed by atoms with Gasteiger partial charge in [0.1, 0.15) is 0 Å². The van der Waals surface area contributed by atoms with E-state index in [1.807, 2.05) is 0 Å². The predicted molar refractivity (Wildman–Crippen MR) is 52.5 cm³/mol. The number of carbonyl (C=O) groups is 1. The summed E-state index contributed by atoms with van der Waals surface area (Å²) in [6.45, 7) is 6.43. The molecule has 1 aliphatic rings. The molecule has 1 rings (SSSR count). The zero-order valence-corrected chi connectivity index (χ0v) is 8.79. The first-order valence-electron chi connectivity index (χ1n) is 5.25. The number of hydrogen-bond donors (Lipinski definition) is 1. The molecule has 3 atom stereocenters. The third-order valence-corrected chi connectivity index (χ3v) is 3.34. The fourth-order valence-corrected chi connectivity index (χ4v) is 2.49. The maximum atomic E-state index is 11.0. The molecule has 2 nitrogen and oxygen atoms in total. The van der Waals surface area contributed by atoms with E-state index in [-0.39, 0.29) is 5.92 Å². The molecule has 0 heterocycles. The summed E-state index contributed by atoms with van der Waals surface area (Å²) in [7, 11) is 0. The van der Waals surface area contributed by atoms with Crippen molar-refractivity contribution < 1.29 is 9.90 Å². The lowest BCUT2D eigenvalue weighted by Gasteiger charge is -2.34. The lowest BCUT2D eigenvalue weighted by atomic mass is 9.70. The molecule has 0 aromatic rings. The van der Waals surface area contributed by atoms with Crippen molar-refractivity contribution in [2.45, 2.75) is 40.0 Å². The van der Waals surface area contributed by atoms with E-state index in [1.165, 1.54) is 6.42 Å². The van der Waals surface area contributed by atoms with Crippen LogP contribution in [0, 0.1) is 23.7 Å². The molecule has 0 amide bonds. The van der Waals surface area contributed by atoms with Crippen LogP contribution in [0.4, 0.5) is 0 Å². The van der Waals surface area contributed by atoms with Crippen LogP contribution in [0.15, 0.2) is 0 Å². The van der Waals surface area contributed by atoms with Gasteiger partial charge in [0.25, 0.3) is 0 Å². The molecule has 2 heteroatoms. The average molecular weight is 184 g/mol. The van der Waals surface area contributed by atoms with Gasteiger partial charge in [-0.25, -0.2) is 0 Å². The van der Waals surface area contributed by atoms with E-state index in [9.17, 15) is 4.79 Å². The zero-order chi connectivity index (χ0) is 10.0. The van der Waals surface area contributed by atoms with Crippen LogP contribution in [0.5, 0.6) is 0 Å². The minimum Gasteiger partial charge on any atom is -0.481 e. The summed E-state index contributed by atoms with van der Waals surface area (Å²) in [5.41, 5.74) is 0. The molecule has 0 bridgehead atoms. The van der Waals surface area contributed by atoms with Crippen molar-refractivity contribution in [1.29, 1.82) is 0 Å². The standard InChI is InChI=1S/C11H20O2/c1-7(2)9-5-4-8(3)6-10(9)11(12)13/h7-10H,4-6H2,1-3H3,(H,12,13)/t8-,9+,10-/m1/s1. The number of rotatable bonds is 2. The molecule has 1 N–H and O–H groups in total. The summed E-state index contributed by atoms with van der Waals surface area (Å²) in [4.78, 5) is 11.0. The van der Waals surface area contributed by atoms with Gasteiger partial charge in [0, 0.05) is 0 Å². The van der Waals surface area contributed by atoms with E-state index < -0.39 is 5.97 Å². The predicted octanol–water partition coefficient (Wildman–Crippen LogP) is 2.78. The third-order valence-electron chi connectivity index (χ3n) is 3.34. The summed E-state index contributed by atoms with van der Waals surface area (Å²) in [6, 6.07) is 0. The minimum atomic E-state index is -0.592. The maximum Gasteiger partial charge on any atom is 0.306 e. The molecule has 0 radical (unpaired) electrons. The van der Waals surface area contributed by atoms with E-state index >= 15 is 0 Å². The van der Waals surface area contributed by atoms with Gasteiger partial charge in [-0.05, 0) is 30.6 Å². The second-order valence-electron chi connectivity index (χ2n) is 4.77. The molecular weight excluding hydrogens is 164 g/mol. The Bertz CT molecular complexity index is 187. The highest BCUT2D eigenvalue weighted by Crippen LogP contribution is 2.37. The molecule has 0 aliphatic heterocycles. The van der Waals surface area contributed by atoms with Gasteiger partial charge in [-0.1, -0.05) is 27.2 Å². The Labute approximate surface area is 80.3 Å². The SMILES string of the molecule is CC(C)[C@@H]1CC[C@@H](C)C[C@H]1C(=O)O. The van der Waals surface area contributed by atoms with Crippen molar-refractivity contribution in [3.63, 3.8) is 0 Å². The van der Waals surface area contributed by atoms with Crippen molar-refractivity contribution in [2.75, 3.05) is 0 Å². The van der Waals surface area contributed by atoms with E-state index in [4.69, 9.17) is 5.11 Å². The largest absolute Gasteiger partial charge is 0.481 e. The van der Waals surface area contributed by atoms with Crippen LogP contribution in [-0.4, -0.2) is 11.1 Å². The van der Waals surface area contributed by atoms with Gasteiger partial charge < -0.3 is 5.11 Å². The lowest BCUT2D eigenvalue weighted by Crippen LogP contribution is -2.33. The van der Waals surface area contributed by atoms with Crippen LogP contribution in [-0.2, 0) is 4.79 Å². The first kappa shape index (κ1) is 10.6. The lowest BCUT2D eigenvalue weighted by molar-refractivity contribution is -0.146. The average Bonchev–Trinajstić information content (AvgIpc) is 2.03. The molecule has 1 fully saturated rings. The van der Waals surface area contributed by atoms with Gasteiger partial charge >= 0.3 is 5.97 Å². The van der Waals surface area contributed by atoms with Crippen molar-refractivity contribution in [2.24, 2.45) is 23.7 Å². The summed E-state index contributed by atoms with van der Waals surface area (Å²) < 4.78 is 0. The van der Waals surface area contributed by atoms with Crippen LogP contribution >= 0.6 is 0 Å². The van der Waals surface area contributed by atoms with Crippen molar-refractivity contribution in [3.05, 3.63) is 0 Å². The van der Waals surface area contributed by atoms with Crippen LogP contribution in [0.2, 0.25) is 0 Å². The highest BCUT2D eigenvalue weighted by Gasteiger charge is 2.35. The van der Waals surface area contributed by atoms with Gasteiger partial charge in [-0.3, -0.25) is 4.79 Å². The second-order valence-corrected chi connectivity index (χ2v) is 4.77. The Morgan fingerprint density at radius 2 is 2.00 bits per heavy atom. The topological polar surface area (TPSA) is 37.3 Å². The number of carboxylic acid groups (broad SMARTS) is 1. The van der Waals surface area contributed by atoms with Crippen LogP contribution in [0.1, 0.15) is 40.0 Å². The minimum absolute atomic E-state index is 0.0938. The first-order valence-corrected chi connectivity index (χ1v) is 5.25. The molecule has 0 spiro atoms. The van der Waals surface area contributed by atoms with Crippen molar-refractivity contribution in [1.82, 2.24) is 0 Å². The molecule has 0 saturated heterocycles. The highest BCUT2D eigenvalue weighted by atomic mass is 16.4. The molecule has 0 aromatic carbocycles. The smallest absolute Gasteiger partial charge is 0.306 e. The summed E-state index contributed by atoms with van der Waals surface area (Å²) in [6.07, 6.45) is 3.17. The Balaban J connectivity index is 2.66. The first-order chi connectivity index (χ1) is 6.02. The Morgan fingerprint density at radius 3 is 2.46 bits per heavy atom. The molecule has 1 saturated carbocycles.